The summed E-state index contributed by atoms with van der Waals surface area (Å²) in [7, 11) is 1.34. The van der Waals surface area contributed by atoms with E-state index in [2.05, 4.69) is 10.3 Å². The zero-order valence-corrected chi connectivity index (χ0v) is 16.6. The maximum atomic E-state index is 13.9. The summed E-state index contributed by atoms with van der Waals surface area (Å²) in [5.74, 6) is -0.834. The SMILES string of the molecule is COc1cc(-c2nc3ccc(O)cc3c(=O)n2CC(=O)NC(C)(C)C)ccc1F. The summed E-state index contributed by atoms with van der Waals surface area (Å²) in [4.78, 5) is 30.1. The molecule has 1 heterocycles. The number of benzene rings is 2. The molecule has 0 aliphatic heterocycles. The van der Waals surface area contributed by atoms with Crippen LogP contribution < -0.4 is 15.6 Å². The fourth-order valence-corrected chi connectivity index (χ4v) is 2.98. The van der Waals surface area contributed by atoms with Crippen molar-refractivity contribution in [3.63, 3.8) is 0 Å². The molecule has 0 bridgehead atoms. The molecule has 29 heavy (non-hydrogen) atoms. The van der Waals surface area contributed by atoms with Crippen molar-refractivity contribution in [3.05, 3.63) is 52.6 Å². The molecule has 152 valence electrons. The number of rotatable bonds is 4. The summed E-state index contributed by atoms with van der Waals surface area (Å²) >= 11 is 0. The van der Waals surface area contributed by atoms with Gasteiger partial charge >= 0.3 is 0 Å². The monoisotopic (exact) mass is 399 g/mol. The normalized spacial score (nSPS) is 11.5. The zero-order chi connectivity index (χ0) is 21.3. The molecule has 0 unspecified atom stereocenters. The highest BCUT2D eigenvalue weighted by molar-refractivity contribution is 5.83. The molecule has 0 saturated carbocycles. The van der Waals surface area contributed by atoms with Gasteiger partial charge in [0.15, 0.2) is 11.6 Å². The van der Waals surface area contributed by atoms with Gasteiger partial charge in [-0.05, 0) is 57.2 Å². The highest BCUT2D eigenvalue weighted by Crippen LogP contribution is 2.26. The smallest absolute Gasteiger partial charge is 0.262 e. The Kier molecular flexibility index (Phi) is 5.28. The average Bonchev–Trinajstić information content (AvgIpc) is 2.63. The van der Waals surface area contributed by atoms with Crippen LogP contribution in [0.1, 0.15) is 20.8 Å². The molecule has 0 saturated heterocycles. The van der Waals surface area contributed by atoms with Gasteiger partial charge in [0.05, 0.1) is 18.0 Å². The molecule has 2 N–H and O–H groups in total. The summed E-state index contributed by atoms with van der Waals surface area (Å²) in [6, 6.07) is 8.32. The molecule has 0 radical (unpaired) electrons. The van der Waals surface area contributed by atoms with Crippen LogP contribution in [-0.2, 0) is 11.3 Å². The summed E-state index contributed by atoms with van der Waals surface area (Å²) < 4.78 is 20.1. The van der Waals surface area contributed by atoms with Crippen molar-refractivity contribution in [2.75, 3.05) is 7.11 Å². The first-order chi connectivity index (χ1) is 13.6. The van der Waals surface area contributed by atoms with Gasteiger partial charge in [0.2, 0.25) is 5.91 Å². The average molecular weight is 399 g/mol. The molecule has 8 heteroatoms. The Morgan fingerprint density at radius 3 is 2.62 bits per heavy atom. The quantitative estimate of drug-likeness (QED) is 0.704. The van der Waals surface area contributed by atoms with Crippen molar-refractivity contribution in [1.82, 2.24) is 14.9 Å². The van der Waals surface area contributed by atoms with Gasteiger partial charge in [-0.25, -0.2) is 9.37 Å². The standard InChI is InChI=1S/C21H22FN3O4/c1-21(2,3)24-18(27)11-25-19(12-5-7-15(22)17(9-12)29-4)23-16-8-6-13(26)10-14(16)20(25)28/h5-10,26H,11H2,1-4H3,(H,24,27). The van der Waals surface area contributed by atoms with E-state index in [1.54, 1.807) is 0 Å². The van der Waals surface area contributed by atoms with Gasteiger partial charge in [0.25, 0.3) is 5.56 Å². The van der Waals surface area contributed by atoms with Crippen molar-refractivity contribution < 1.29 is 19.0 Å². The predicted molar refractivity (Wildman–Crippen MR) is 108 cm³/mol. The third-order valence-electron chi connectivity index (χ3n) is 4.16. The lowest BCUT2D eigenvalue weighted by Crippen LogP contribution is -2.43. The van der Waals surface area contributed by atoms with E-state index in [9.17, 15) is 19.1 Å². The van der Waals surface area contributed by atoms with Crippen LogP contribution in [0.4, 0.5) is 4.39 Å². The van der Waals surface area contributed by atoms with Crippen molar-refractivity contribution in [3.8, 4) is 22.9 Å². The molecular weight excluding hydrogens is 377 g/mol. The molecule has 3 rings (SSSR count). The molecule has 0 fully saturated rings. The predicted octanol–water partition coefficient (Wildman–Crippen LogP) is 2.83. The first kappa shape index (κ1) is 20.3. The molecule has 2 aromatic carbocycles. The minimum absolute atomic E-state index is 0.00625. The van der Waals surface area contributed by atoms with Crippen LogP contribution in [0, 0.1) is 5.82 Å². The minimum atomic E-state index is -0.554. The van der Waals surface area contributed by atoms with Crippen LogP contribution in [0.5, 0.6) is 11.5 Å². The van der Waals surface area contributed by atoms with Crippen LogP contribution in [0.2, 0.25) is 0 Å². The number of phenols is 1. The Bertz CT molecular complexity index is 1150. The van der Waals surface area contributed by atoms with E-state index in [-0.39, 0.29) is 35.2 Å². The van der Waals surface area contributed by atoms with E-state index in [0.717, 1.165) is 0 Å². The van der Waals surface area contributed by atoms with Gasteiger partial charge in [-0.15, -0.1) is 0 Å². The second kappa shape index (κ2) is 7.54. The summed E-state index contributed by atoms with van der Waals surface area (Å²) in [5.41, 5.74) is -0.214. The Morgan fingerprint density at radius 1 is 1.24 bits per heavy atom. The maximum absolute atomic E-state index is 13.9. The lowest BCUT2D eigenvalue weighted by molar-refractivity contribution is -0.123. The summed E-state index contributed by atoms with van der Waals surface area (Å²) in [6.07, 6.45) is 0. The van der Waals surface area contributed by atoms with E-state index in [0.29, 0.717) is 11.1 Å². The van der Waals surface area contributed by atoms with Gasteiger partial charge in [-0.3, -0.25) is 14.2 Å². The van der Waals surface area contributed by atoms with E-state index < -0.39 is 16.9 Å². The Balaban J connectivity index is 2.23. The van der Waals surface area contributed by atoms with Crippen LogP contribution in [0.15, 0.2) is 41.2 Å². The van der Waals surface area contributed by atoms with Crippen LogP contribution >= 0.6 is 0 Å². The van der Waals surface area contributed by atoms with Gasteiger partial charge < -0.3 is 15.2 Å². The number of methoxy groups -OCH3 is 1. The summed E-state index contributed by atoms with van der Waals surface area (Å²) in [5, 5.41) is 12.7. The third-order valence-corrected chi connectivity index (χ3v) is 4.16. The van der Waals surface area contributed by atoms with E-state index >= 15 is 0 Å². The molecule has 0 atom stereocenters. The fraction of sp³-hybridized carbons (Fsp3) is 0.286. The number of hydrogen-bond acceptors (Lipinski definition) is 5. The number of nitrogens with one attached hydrogen (secondary N) is 1. The number of fused-ring (bicyclic) bond motifs is 1. The van der Waals surface area contributed by atoms with Crippen LogP contribution in [-0.4, -0.2) is 33.2 Å². The first-order valence-electron chi connectivity index (χ1n) is 8.97. The molecule has 0 aliphatic rings. The first-order valence-corrected chi connectivity index (χ1v) is 8.97. The highest BCUT2D eigenvalue weighted by Gasteiger charge is 2.20. The highest BCUT2D eigenvalue weighted by atomic mass is 19.1. The number of amides is 1. The number of carbonyl (C=O) groups excluding carboxylic acids is 1. The fourth-order valence-electron chi connectivity index (χ4n) is 2.98. The molecule has 7 nitrogen and oxygen atoms in total. The molecule has 0 spiro atoms. The second-order valence-corrected chi connectivity index (χ2v) is 7.68. The third kappa shape index (κ3) is 4.37. The van der Waals surface area contributed by atoms with Crippen molar-refractivity contribution in [2.45, 2.75) is 32.9 Å². The van der Waals surface area contributed by atoms with Crippen LogP contribution in [0.25, 0.3) is 22.3 Å². The van der Waals surface area contributed by atoms with Gasteiger partial charge in [0, 0.05) is 11.1 Å². The van der Waals surface area contributed by atoms with Crippen LogP contribution in [0.3, 0.4) is 0 Å². The lowest BCUT2D eigenvalue weighted by Gasteiger charge is -2.21. The Labute approximate surface area is 166 Å². The second-order valence-electron chi connectivity index (χ2n) is 7.68. The molecule has 1 amide bonds. The van der Waals surface area contributed by atoms with Gasteiger partial charge in [-0.2, -0.15) is 0 Å². The Morgan fingerprint density at radius 2 is 1.97 bits per heavy atom. The van der Waals surface area contributed by atoms with E-state index in [1.165, 1.54) is 48.1 Å². The largest absolute Gasteiger partial charge is 0.508 e. The molecule has 3 aromatic rings. The maximum Gasteiger partial charge on any atom is 0.262 e. The molecular formula is C21H22FN3O4. The van der Waals surface area contributed by atoms with Crippen molar-refractivity contribution in [1.29, 1.82) is 0 Å². The van der Waals surface area contributed by atoms with E-state index in [1.807, 2.05) is 20.8 Å². The number of aromatic hydroxyl groups is 1. The van der Waals surface area contributed by atoms with E-state index in [4.69, 9.17) is 4.74 Å². The molecule has 1 aromatic heterocycles. The molecule has 0 aliphatic carbocycles. The topological polar surface area (TPSA) is 93.4 Å². The van der Waals surface area contributed by atoms with Gasteiger partial charge in [-0.1, -0.05) is 0 Å². The minimum Gasteiger partial charge on any atom is -0.508 e. The van der Waals surface area contributed by atoms with Crippen molar-refractivity contribution in [2.24, 2.45) is 0 Å². The number of aromatic nitrogens is 2. The Hall–Kier alpha value is -3.42. The number of phenolic OH excluding ortho intramolecular Hbond substituents is 1. The van der Waals surface area contributed by atoms with Gasteiger partial charge in [0.1, 0.15) is 18.1 Å². The number of ether oxygens (including phenoxy) is 1. The number of carbonyl (C=O) groups is 1. The van der Waals surface area contributed by atoms with Crippen molar-refractivity contribution >= 4 is 16.8 Å². The number of nitrogens with zero attached hydrogens (tertiary/aromatic N) is 2. The summed E-state index contributed by atoms with van der Waals surface area (Å²) in [6.45, 7) is 5.20. The number of halogens is 1. The number of hydrogen-bond donors (Lipinski definition) is 2. The zero-order valence-electron chi connectivity index (χ0n) is 16.6. The lowest BCUT2D eigenvalue weighted by atomic mass is 10.1.